The summed E-state index contributed by atoms with van der Waals surface area (Å²) in [6.07, 6.45) is 3.52. The Morgan fingerprint density at radius 3 is 2.47 bits per heavy atom. The van der Waals surface area contributed by atoms with Gasteiger partial charge < -0.3 is 10.2 Å². The molecule has 2 N–H and O–H groups in total. The summed E-state index contributed by atoms with van der Waals surface area (Å²) in [5.41, 5.74) is 1.49. The lowest BCUT2D eigenvalue weighted by molar-refractivity contribution is -0.136. The summed E-state index contributed by atoms with van der Waals surface area (Å²) >= 11 is 0. The van der Waals surface area contributed by atoms with Gasteiger partial charge in [-0.1, -0.05) is 6.07 Å². The minimum Gasteiger partial charge on any atom is -0.371 e. The number of nitrogens with zero attached hydrogens (tertiary/aromatic N) is 2. The van der Waals surface area contributed by atoms with E-state index in [1.807, 2.05) is 13.1 Å². The van der Waals surface area contributed by atoms with Gasteiger partial charge in [0.2, 0.25) is 11.8 Å². The molecule has 8 nitrogen and oxygen atoms in total. The van der Waals surface area contributed by atoms with Crippen molar-refractivity contribution in [2.45, 2.75) is 38.1 Å². The monoisotopic (exact) mass is 434 g/mol. The first-order valence-electron chi connectivity index (χ1n) is 10.3. The van der Waals surface area contributed by atoms with Gasteiger partial charge in [-0.25, -0.2) is 0 Å². The third-order valence-electron chi connectivity index (χ3n) is 6.20. The van der Waals surface area contributed by atoms with Gasteiger partial charge in [-0.15, -0.1) is 12.4 Å². The number of hydrogen-bond donors (Lipinski definition) is 2. The summed E-state index contributed by atoms with van der Waals surface area (Å²) < 4.78 is 0. The van der Waals surface area contributed by atoms with Crippen molar-refractivity contribution in [2.24, 2.45) is 5.92 Å². The van der Waals surface area contributed by atoms with Crippen LogP contribution in [0.15, 0.2) is 18.2 Å². The SMILES string of the molecule is CNCCC1CCN(c2cccc3c2C(=O)N(C2CCC(=O)NC2=O)C3=O)CC1.Cl. The molecular formula is C21H27ClN4O4. The summed E-state index contributed by atoms with van der Waals surface area (Å²) in [6, 6.07) is 4.39. The van der Waals surface area contributed by atoms with Gasteiger partial charge in [0, 0.05) is 19.5 Å². The standard InChI is InChI=1S/C21H26N4O4.ClH/c1-22-10-7-13-8-11-24(12-9-13)15-4-2-3-14-18(15)21(29)25(20(14)28)16-5-6-17(26)23-19(16)27;/h2-4,13,16,22H,5-12H2,1H3,(H,23,26,27);1H. The van der Waals surface area contributed by atoms with Crippen molar-refractivity contribution in [3.05, 3.63) is 29.3 Å². The molecule has 1 unspecified atom stereocenters. The Morgan fingerprint density at radius 1 is 1.07 bits per heavy atom. The predicted molar refractivity (Wildman–Crippen MR) is 114 cm³/mol. The van der Waals surface area contributed by atoms with Crippen LogP contribution in [-0.2, 0) is 9.59 Å². The van der Waals surface area contributed by atoms with Crippen LogP contribution in [0.1, 0.15) is 52.8 Å². The second kappa shape index (κ2) is 9.14. The van der Waals surface area contributed by atoms with Crippen molar-refractivity contribution >= 4 is 41.7 Å². The van der Waals surface area contributed by atoms with E-state index in [9.17, 15) is 19.2 Å². The fraction of sp³-hybridized carbons (Fsp3) is 0.524. The zero-order chi connectivity index (χ0) is 20.5. The lowest BCUT2D eigenvalue weighted by Crippen LogP contribution is -2.54. The zero-order valence-corrected chi connectivity index (χ0v) is 17.8. The summed E-state index contributed by atoms with van der Waals surface area (Å²) in [7, 11) is 1.96. The van der Waals surface area contributed by atoms with E-state index in [4.69, 9.17) is 0 Å². The smallest absolute Gasteiger partial charge is 0.264 e. The van der Waals surface area contributed by atoms with Gasteiger partial charge in [0.15, 0.2) is 0 Å². The van der Waals surface area contributed by atoms with Crippen LogP contribution >= 0.6 is 12.4 Å². The molecule has 1 atom stereocenters. The minimum absolute atomic E-state index is 0. The quantitative estimate of drug-likeness (QED) is 0.678. The molecule has 3 aliphatic rings. The van der Waals surface area contributed by atoms with E-state index >= 15 is 0 Å². The molecule has 0 aromatic heterocycles. The molecule has 2 fully saturated rings. The van der Waals surface area contributed by atoms with Crippen LogP contribution in [0.3, 0.4) is 0 Å². The first-order chi connectivity index (χ1) is 14.0. The van der Waals surface area contributed by atoms with Crippen molar-refractivity contribution in [3.8, 4) is 0 Å². The molecule has 0 saturated carbocycles. The second-order valence-corrected chi connectivity index (χ2v) is 7.97. The highest BCUT2D eigenvalue weighted by molar-refractivity contribution is 6.25. The zero-order valence-electron chi connectivity index (χ0n) is 17.0. The van der Waals surface area contributed by atoms with E-state index in [1.54, 1.807) is 12.1 Å². The summed E-state index contributed by atoms with van der Waals surface area (Å²) in [4.78, 5) is 53.1. The Balaban J connectivity index is 0.00000256. The van der Waals surface area contributed by atoms with Crippen LogP contribution in [0, 0.1) is 5.92 Å². The first kappa shape index (κ1) is 22.2. The van der Waals surface area contributed by atoms with Gasteiger partial charge in [-0.3, -0.25) is 29.4 Å². The number of nitrogens with one attached hydrogen (secondary N) is 2. The van der Waals surface area contributed by atoms with Crippen LogP contribution in [0.2, 0.25) is 0 Å². The predicted octanol–water partition coefficient (Wildman–Crippen LogP) is 1.34. The number of halogens is 1. The van der Waals surface area contributed by atoms with Crippen LogP contribution < -0.4 is 15.5 Å². The topological polar surface area (TPSA) is 98.8 Å². The van der Waals surface area contributed by atoms with Crippen LogP contribution in [0.5, 0.6) is 0 Å². The Morgan fingerprint density at radius 2 is 1.80 bits per heavy atom. The molecule has 0 bridgehead atoms. The molecule has 1 aromatic carbocycles. The lowest BCUT2D eigenvalue weighted by Gasteiger charge is -2.34. The molecule has 30 heavy (non-hydrogen) atoms. The molecule has 9 heteroatoms. The normalized spacial score (nSPS) is 22.1. The van der Waals surface area contributed by atoms with E-state index < -0.39 is 23.8 Å². The van der Waals surface area contributed by atoms with Crippen molar-refractivity contribution in [2.75, 3.05) is 31.6 Å². The Labute approximate surface area is 181 Å². The Hall–Kier alpha value is -2.45. The van der Waals surface area contributed by atoms with E-state index in [2.05, 4.69) is 15.5 Å². The van der Waals surface area contributed by atoms with Gasteiger partial charge in [0.1, 0.15) is 6.04 Å². The molecule has 3 aliphatic heterocycles. The average molecular weight is 435 g/mol. The third kappa shape index (κ3) is 3.94. The van der Waals surface area contributed by atoms with E-state index in [-0.39, 0.29) is 31.2 Å². The van der Waals surface area contributed by atoms with Gasteiger partial charge in [0.05, 0.1) is 16.8 Å². The average Bonchev–Trinajstić information content (AvgIpc) is 2.98. The van der Waals surface area contributed by atoms with Crippen molar-refractivity contribution in [1.29, 1.82) is 0 Å². The molecule has 4 amide bonds. The number of fused-ring (bicyclic) bond motifs is 1. The third-order valence-corrected chi connectivity index (χ3v) is 6.20. The maximum atomic E-state index is 13.2. The summed E-state index contributed by atoms with van der Waals surface area (Å²) in [5, 5.41) is 5.42. The fourth-order valence-corrected chi connectivity index (χ4v) is 4.57. The number of carbonyl (C=O) groups is 4. The van der Waals surface area contributed by atoms with Gasteiger partial charge in [-0.05, 0) is 57.3 Å². The number of piperidine rings is 2. The molecular weight excluding hydrogens is 408 g/mol. The largest absolute Gasteiger partial charge is 0.371 e. The van der Waals surface area contributed by atoms with Gasteiger partial charge in [-0.2, -0.15) is 0 Å². The number of carbonyl (C=O) groups excluding carboxylic acids is 4. The highest BCUT2D eigenvalue weighted by Crippen LogP contribution is 2.36. The lowest BCUT2D eigenvalue weighted by atomic mass is 9.92. The molecule has 1 aromatic rings. The summed E-state index contributed by atoms with van der Waals surface area (Å²) in [6.45, 7) is 2.68. The second-order valence-electron chi connectivity index (χ2n) is 7.97. The number of amides is 4. The maximum absolute atomic E-state index is 13.2. The minimum atomic E-state index is -0.930. The molecule has 0 radical (unpaired) electrons. The molecule has 4 rings (SSSR count). The first-order valence-corrected chi connectivity index (χ1v) is 10.3. The number of imide groups is 2. The number of anilines is 1. The van der Waals surface area contributed by atoms with Gasteiger partial charge >= 0.3 is 0 Å². The van der Waals surface area contributed by atoms with E-state index in [0.29, 0.717) is 17.0 Å². The summed E-state index contributed by atoms with van der Waals surface area (Å²) in [5.74, 6) is -1.18. The highest BCUT2D eigenvalue weighted by Gasteiger charge is 2.46. The van der Waals surface area contributed by atoms with E-state index in [0.717, 1.165) is 49.5 Å². The van der Waals surface area contributed by atoms with Crippen LogP contribution in [0.25, 0.3) is 0 Å². The van der Waals surface area contributed by atoms with Crippen molar-refractivity contribution < 1.29 is 19.2 Å². The van der Waals surface area contributed by atoms with Crippen LogP contribution in [0.4, 0.5) is 5.69 Å². The molecule has 2 saturated heterocycles. The molecule has 0 spiro atoms. The number of hydrogen-bond acceptors (Lipinski definition) is 6. The Kier molecular flexibility index (Phi) is 6.77. The van der Waals surface area contributed by atoms with Gasteiger partial charge in [0.25, 0.3) is 11.8 Å². The van der Waals surface area contributed by atoms with Crippen molar-refractivity contribution in [3.63, 3.8) is 0 Å². The Bertz CT molecular complexity index is 867. The van der Waals surface area contributed by atoms with Crippen LogP contribution in [-0.4, -0.2) is 61.3 Å². The molecule has 0 aliphatic carbocycles. The highest BCUT2D eigenvalue weighted by atomic mass is 35.5. The molecule has 3 heterocycles. The van der Waals surface area contributed by atoms with E-state index in [1.165, 1.54) is 0 Å². The van der Waals surface area contributed by atoms with Crippen molar-refractivity contribution in [1.82, 2.24) is 15.5 Å². The molecule has 162 valence electrons. The fourth-order valence-electron chi connectivity index (χ4n) is 4.57. The number of rotatable bonds is 5. The number of benzene rings is 1. The maximum Gasteiger partial charge on any atom is 0.264 e.